The molecule has 1 aliphatic heterocycles. The topological polar surface area (TPSA) is 49.3 Å². The molecule has 0 bridgehead atoms. The maximum Gasteiger partial charge on any atom is 0.219 e. The van der Waals surface area contributed by atoms with E-state index in [9.17, 15) is 9.90 Å². The minimum Gasteiger partial charge on any atom is -0.507 e. The molecule has 1 aromatic rings. The number of hydrogen-bond acceptors (Lipinski definition) is 4. The molecule has 4 heteroatoms. The predicted octanol–water partition coefficient (Wildman–Crippen LogP) is 5.00. The van der Waals surface area contributed by atoms with Crippen LogP contribution in [0.3, 0.4) is 0 Å². The second kappa shape index (κ2) is 7.71. The second-order valence-corrected chi connectivity index (χ2v) is 10.2. The number of hydrogen-bond donors (Lipinski definition) is 2. The van der Waals surface area contributed by atoms with Crippen molar-refractivity contribution in [3.63, 3.8) is 0 Å². The molecular weight excluding hydrogens is 330 g/mol. The average Bonchev–Trinajstić information content (AvgIpc) is 2.51. The highest BCUT2D eigenvalue weighted by molar-refractivity contribution is 8.14. The first-order valence-corrected chi connectivity index (χ1v) is 10.3. The molecule has 3 nitrogen and oxygen atoms in total. The molecule has 1 heterocycles. The molecule has 1 aliphatic rings. The Balaban J connectivity index is 2.28. The monoisotopic (exact) mass is 363 g/mol. The van der Waals surface area contributed by atoms with Crippen molar-refractivity contribution in [2.75, 3.05) is 12.3 Å². The van der Waals surface area contributed by atoms with Crippen molar-refractivity contribution in [3.05, 3.63) is 28.8 Å². The Morgan fingerprint density at radius 3 is 2.12 bits per heavy atom. The predicted molar refractivity (Wildman–Crippen MR) is 108 cm³/mol. The lowest BCUT2D eigenvalue weighted by molar-refractivity contribution is 0.108. The van der Waals surface area contributed by atoms with Gasteiger partial charge in [-0.1, -0.05) is 59.7 Å². The van der Waals surface area contributed by atoms with Crippen LogP contribution in [0.5, 0.6) is 5.75 Å². The van der Waals surface area contributed by atoms with Crippen molar-refractivity contribution < 1.29 is 9.90 Å². The van der Waals surface area contributed by atoms with Gasteiger partial charge in [0.2, 0.25) is 5.12 Å². The van der Waals surface area contributed by atoms with Gasteiger partial charge in [-0.15, -0.1) is 0 Å². The van der Waals surface area contributed by atoms with Gasteiger partial charge in [0.15, 0.2) is 0 Å². The SMILES string of the molecule is CC(C)(C)c1cc(C(=O)SCC2CCCCN2)cc(C(C)(C)C)c1O. The molecule has 2 N–H and O–H groups in total. The van der Waals surface area contributed by atoms with E-state index in [2.05, 4.69) is 46.9 Å². The van der Waals surface area contributed by atoms with Gasteiger partial charge in [0.05, 0.1) is 0 Å². The van der Waals surface area contributed by atoms with Gasteiger partial charge in [-0.3, -0.25) is 4.79 Å². The molecule has 1 saturated heterocycles. The summed E-state index contributed by atoms with van der Waals surface area (Å²) in [6, 6.07) is 4.20. The zero-order valence-electron chi connectivity index (χ0n) is 16.5. The summed E-state index contributed by atoms with van der Waals surface area (Å²) in [5.41, 5.74) is 1.97. The van der Waals surface area contributed by atoms with Gasteiger partial charge >= 0.3 is 0 Å². The Kier molecular flexibility index (Phi) is 6.26. The summed E-state index contributed by atoms with van der Waals surface area (Å²) in [6.07, 6.45) is 3.63. The fraction of sp³-hybridized carbons (Fsp3) is 0.667. The van der Waals surface area contributed by atoms with Crippen molar-refractivity contribution in [2.45, 2.75) is 77.7 Å². The molecule has 140 valence electrons. The fourth-order valence-electron chi connectivity index (χ4n) is 3.22. The van der Waals surface area contributed by atoms with Crippen LogP contribution < -0.4 is 5.32 Å². The van der Waals surface area contributed by atoms with Crippen LogP contribution in [0.15, 0.2) is 12.1 Å². The molecule has 1 aromatic carbocycles. The number of benzene rings is 1. The molecule has 0 spiro atoms. The molecule has 0 amide bonds. The average molecular weight is 364 g/mol. The molecular formula is C21H33NO2S. The van der Waals surface area contributed by atoms with Crippen molar-refractivity contribution >= 4 is 16.9 Å². The lowest BCUT2D eigenvalue weighted by atomic mass is 9.78. The van der Waals surface area contributed by atoms with Gasteiger partial charge in [-0.25, -0.2) is 0 Å². The van der Waals surface area contributed by atoms with E-state index < -0.39 is 0 Å². The third-order valence-corrected chi connectivity index (χ3v) is 5.86. The molecule has 1 atom stereocenters. The maximum absolute atomic E-state index is 12.8. The van der Waals surface area contributed by atoms with E-state index in [1.54, 1.807) is 0 Å². The van der Waals surface area contributed by atoms with Crippen LogP contribution in [0.1, 0.15) is 82.3 Å². The summed E-state index contributed by atoms with van der Waals surface area (Å²) in [6.45, 7) is 13.5. The number of thioether (sulfide) groups is 1. The van der Waals surface area contributed by atoms with E-state index in [-0.39, 0.29) is 15.9 Å². The van der Waals surface area contributed by atoms with Crippen LogP contribution in [0.4, 0.5) is 0 Å². The van der Waals surface area contributed by atoms with Crippen LogP contribution in [-0.2, 0) is 10.8 Å². The van der Waals surface area contributed by atoms with Gasteiger partial charge in [-0.05, 0) is 42.3 Å². The van der Waals surface area contributed by atoms with Crippen LogP contribution in [-0.4, -0.2) is 28.6 Å². The molecule has 0 aromatic heterocycles. The molecule has 0 saturated carbocycles. The highest BCUT2D eigenvalue weighted by Crippen LogP contribution is 2.40. The van der Waals surface area contributed by atoms with Gasteiger partial charge in [0.25, 0.3) is 0 Å². The van der Waals surface area contributed by atoms with Gasteiger partial charge in [0.1, 0.15) is 5.75 Å². The van der Waals surface area contributed by atoms with Crippen LogP contribution in [0, 0.1) is 0 Å². The number of aromatic hydroxyl groups is 1. The van der Waals surface area contributed by atoms with Gasteiger partial charge < -0.3 is 10.4 Å². The number of rotatable bonds is 3. The maximum atomic E-state index is 12.8. The Bertz CT molecular complexity index is 585. The fourth-order valence-corrected chi connectivity index (χ4v) is 4.14. The van der Waals surface area contributed by atoms with Gasteiger partial charge in [0, 0.05) is 28.5 Å². The Morgan fingerprint density at radius 1 is 1.12 bits per heavy atom. The first-order chi connectivity index (χ1) is 11.5. The summed E-state index contributed by atoms with van der Waals surface area (Å²) < 4.78 is 0. The largest absolute Gasteiger partial charge is 0.507 e. The summed E-state index contributed by atoms with van der Waals surface area (Å²) in [4.78, 5) is 12.8. The lowest BCUT2D eigenvalue weighted by Gasteiger charge is -2.28. The highest BCUT2D eigenvalue weighted by atomic mass is 32.2. The third-order valence-electron chi connectivity index (χ3n) is 4.79. The highest BCUT2D eigenvalue weighted by Gasteiger charge is 2.28. The summed E-state index contributed by atoms with van der Waals surface area (Å²) in [5.74, 6) is 1.14. The lowest BCUT2D eigenvalue weighted by Crippen LogP contribution is -2.36. The zero-order valence-corrected chi connectivity index (χ0v) is 17.3. The first kappa shape index (κ1) is 20.3. The molecule has 1 fully saturated rings. The van der Waals surface area contributed by atoms with Crippen molar-refractivity contribution in [1.82, 2.24) is 5.32 Å². The van der Waals surface area contributed by atoms with Crippen molar-refractivity contribution in [2.24, 2.45) is 0 Å². The smallest absolute Gasteiger partial charge is 0.219 e. The van der Waals surface area contributed by atoms with Crippen LogP contribution in [0.2, 0.25) is 0 Å². The minimum absolute atomic E-state index is 0.100. The number of carbonyl (C=O) groups excluding carboxylic acids is 1. The number of phenols is 1. The van der Waals surface area contributed by atoms with Gasteiger partial charge in [-0.2, -0.15) is 0 Å². The Morgan fingerprint density at radius 2 is 1.68 bits per heavy atom. The first-order valence-electron chi connectivity index (χ1n) is 9.28. The molecule has 1 unspecified atom stereocenters. The number of piperidine rings is 1. The number of nitrogens with one attached hydrogen (secondary N) is 1. The normalized spacial score (nSPS) is 19.0. The van der Waals surface area contributed by atoms with E-state index >= 15 is 0 Å². The number of phenolic OH excluding ortho intramolecular Hbond substituents is 1. The summed E-state index contributed by atoms with van der Waals surface area (Å²) in [5, 5.41) is 14.4. The van der Waals surface area contributed by atoms with Crippen LogP contribution >= 0.6 is 11.8 Å². The van der Waals surface area contributed by atoms with Crippen molar-refractivity contribution in [3.8, 4) is 5.75 Å². The third kappa shape index (κ3) is 5.24. The zero-order chi connectivity index (χ0) is 18.8. The molecule has 0 radical (unpaired) electrons. The van der Waals surface area contributed by atoms with E-state index in [1.807, 2.05) is 12.1 Å². The standard InChI is InChI=1S/C21H33NO2S/c1-20(2,3)16-11-14(12-17(18(16)23)21(4,5)6)19(24)25-13-15-9-7-8-10-22-15/h11-12,15,22-23H,7-10,13H2,1-6H3. The Labute approximate surface area is 157 Å². The van der Waals surface area contributed by atoms with E-state index in [0.29, 0.717) is 17.4 Å². The van der Waals surface area contributed by atoms with E-state index in [4.69, 9.17) is 0 Å². The summed E-state index contributed by atoms with van der Waals surface area (Å²) in [7, 11) is 0. The van der Waals surface area contributed by atoms with Crippen molar-refractivity contribution in [1.29, 1.82) is 0 Å². The van der Waals surface area contributed by atoms with E-state index in [1.165, 1.54) is 24.6 Å². The molecule has 2 rings (SSSR count). The Hall–Kier alpha value is -1.00. The second-order valence-electron chi connectivity index (χ2n) is 9.17. The molecule has 25 heavy (non-hydrogen) atoms. The number of carbonyl (C=O) groups is 1. The van der Waals surface area contributed by atoms with E-state index in [0.717, 1.165) is 29.8 Å². The summed E-state index contributed by atoms with van der Waals surface area (Å²) >= 11 is 1.40. The molecule has 0 aliphatic carbocycles. The minimum atomic E-state index is -0.212. The van der Waals surface area contributed by atoms with Crippen LogP contribution in [0.25, 0.3) is 0 Å². The quantitative estimate of drug-likeness (QED) is 0.793.